The van der Waals surface area contributed by atoms with Crippen LogP contribution in [0.15, 0.2) is 40.6 Å². The maximum atomic E-state index is 12.3. The summed E-state index contributed by atoms with van der Waals surface area (Å²) in [6, 6.07) is 7.33. The molecule has 0 aliphatic heterocycles. The van der Waals surface area contributed by atoms with Crippen LogP contribution in [0.1, 0.15) is 27.6 Å². The number of hydrogen-bond acceptors (Lipinski definition) is 6. The van der Waals surface area contributed by atoms with Gasteiger partial charge in [0.05, 0.1) is 23.3 Å². The highest BCUT2D eigenvalue weighted by molar-refractivity contribution is 7.91. The van der Waals surface area contributed by atoms with Gasteiger partial charge >= 0.3 is 5.97 Å². The van der Waals surface area contributed by atoms with Crippen molar-refractivity contribution in [3.05, 3.63) is 46.8 Å². The van der Waals surface area contributed by atoms with Gasteiger partial charge in [-0.15, -0.1) is 11.3 Å². The van der Waals surface area contributed by atoms with E-state index in [1.54, 1.807) is 11.4 Å². The van der Waals surface area contributed by atoms with E-state index in [4.69, 9.17) is 0 Å². The quantitative estimate of drug-likeness (QED) is 0.835. The first kappa shape index (κ1) is 17.2. The lowest BCUT2D eigenvalue weighted by Gasteiger charge is -2.07. The van der Waals surface area contributed by atoms with Crippen LogP contribution in [0.25, 0.3) is 0 Å². The molecule has 6 nitrogen and oxygen atoms in total. The van der Waals surface area contributed by atoms with E-state index in [1.807, 2.05) is 0 Å². The molecule has 2 aromatic rings. The van der Waals surface area contributed by atoms with Crippen molar-refractivity contribution < 1.29 is 22.7 Å². The van der Waals surface area contributed by atoms with Crippen LogP contribution in [0.5, 0.6) is 0 Å². The molecule has 0 bridgehead atoms. The molecule has 1 heterocycles. The number of hydrogen-bond donors (Lipinski definition) is 1. The Morgan fingerprint density at radius 3 is 2.65 bits per heavy atom. The van der Waals surface area contributed by atoms with E-state index >= 15 is 0 Å². The fraction of sp³-hybridized carbons (Fsp3) is 0.200. The molecule has 8 heteroatoms. The molecule has 1 N–H and O–H groups in total. The lowest BCUT2D eigenvalue weighted by atomic mass is 10.2. The molecule has 0 saturated heterocycles. The highest BCUT2D eigenvalue weighted by Crippen LogP contribution is 2.25. The van der Waals surface area contributed by atoms with E-state index in [2.05, 4.69) is 10.1 Å². The standard InChI is InChI=1S/C15H15NO5S2/c1-3-23(19,20)11-6-4-5-10(9-11)13(17)16-14-12(7-8-22-14)15(18)21-2/h4-9H,3H2,1-2H3,(H,16,17). The molecule has 122 valence electrons. The van der Waals surface area contributed by atoms with Gasteiger partial charge in [-0.25, -0.2) is 13.2 Å². The predicted molar refractivity (Wildman–Crippen MR) is 87.8 cm³/mol. The Bertz CT molecular complexity index is 839. The second-order valence-corrected chi connectivity index (χ2v) is 7.73. The zero-order chi connectivity index (χ0) is 17.0. The summed E-state index contributed by atoms with van der Waals surface area (Å²) >= 11 is 1.18. The number of ether oxygens (including phenoxy) is 1. The van der Waals surface area contributed by atoms with Gasteiger partial charge in [0, 0.05) is 5.56 Å². The molecular formula is C15H15NO5S2. The molecule has 23 heavy (non-hydrogen) atoms. The first-order valence-corrected chi connectivity index (χ1v) is 9.22. The second kappa shape index (κ2) is 6.93. The van der Waals surface area contributed by atoms with Gasteiger partial charge in [0.1, 0.15) is 5.00 Å². The summed E-state index contributed by atoms with van der Waals surface area (Å²) in [5, 5.41) is 4.61. The highest BCUT2D eigenvalue weighted by Gasteiger charge is 2.18. The van der Waals surface area contributed by atoms with Gasteiger partial charge in [-0.2, -0.15) is 0 Å². The number of esters is 1. The maximum Gasteiger partial charge on any atom is 0.340 e. The topological polar surface area (TPSA) is 89.5 Å². The molecule has 1 aromatic carbocycles. The van der Waals surface area contributed by atoms with E-state index in [0.717, 1.165) is 0 Å². The zero-order valence-electron chi connectivity index (χ0n) is 12.5. The molecular weight excluding hydrogens is 338 g/mol. The maximum absolute atomic E-state index is 12.3. The molecule has 0 fully saturated rings. The normalized spacial score (nSPS) is 11.0. The average Bonchev–Trinajstić information content (AvgIpc) is 3.02. The summed E-state index contributed by atoms with van der Waals surface area (Å²) in [7, 11) is -2.14. The Morgan fingerprint density at radius 1 is 1.26 bits per heavy atom. The van der Waals surface area contributed by atoms with Crippen molar-refractivity contribution in [2.75, 3.05) is 18.2 Å². The molecule has 2 rings (SSSR count). The summed E-state index contributed by atoms with van der Waals surface area (Å²) in [4.78, 5) is 24.0. The lowest BCUT2D eigenvalue weighted by molar-refractivity contribution is 0.0602. The van der Waals surface area contributed by atoms with Gasteiger partial charge < -0.3 is 10.1 Å². The lowest BCUT2D eigenvalue weighted by Crippen LogP contribution is -2.14. The van der Waals surface area contributed by atoms with Gasteiger partial charge in [0.25, 0.3) is 5.91 Å². The van der Waals surface area contributed by atoms with Crippen LogP contribution < -0.4 is 5.32 Å². The van der Waals surface area contributed by atoms with Gasteiger partial charge in [0.15, 0.2) is 9.84 Å². The molecule has 0 spiro atoms. The molecule has 0 atom stereocenters. The van der Waals surface area contributed by atoms with Gasteiger partial charge in [-0.1, -0.05) is 13.0 Å². The van der Waals surface area contributed by atoms with Crippen molar-refractivity contribution in [1.29, 1.82) is 0 Å². The Hall–Kier alpha value is -2.19. The fourth-order valence-electron chi connectivity index (χ4n) is 1.85. The van der Waals surface area contributed by atoms with Crippen molar-refractivity contribution >= 4 is 38.1 Å². The van der Waals surface area contributed by atoms with Crippen molar-refractivity contribution in [3.8, 4) is 0 Å². The third-order valence-corrected chi connectivity index (χ3v) is 5.70. The van der Waals surface area contributed by atoms with Crippen LogP contribution in [-0.2, 0) is 14.6 Å². The number of nitrogens with one attached hydrogen (secondary N) is 1. The molecule has 0 unspecified atom stereocenters. The number of carbonyl (C=O) groups is 2. The largest absolute Gasteiger partial charge is 0.465 e. The van der Waals surface area contributed by atoms with E-state index in [0.29, 0.717) is 5.00 Å². The van der Waals surface area contributed by atoms with Crippen molar-refractivity contribution in [3.63, 3.8) is 0 Å². The molecule has 1 aromatic heterocycles. The minimum atomic E-state index is -3.39. The number of methoxy groups -OCH3 is 1. The van der Waals surface area contributed by atoms with Crippen LogP contribution in [0, 0.1) is 0 Å². The van der Waals surface area contributed by atoms with Crippen molar-refractivity contribution in [1.82, 2.24) is 0 Å². The van der Waals surface area contributed by atoms with Crippen LogP contribution in [0.4, 0.5) is 5.00 Å². The van der Waals surface area contributed by atoms with E-state index < -0.39 is 21.7 Å². The van der Waals surface area contributed by atoms with Crippen LogP contribution in [0.3, 0.4) is 0 Å². The zero-order valence-corrected chi connectivity index (χ0v) is 14.2. The Balaban J connectivity index is 2.27. The average molecular weight is 353 g/mol. The summed E-state index contributed by atoms with van der Waals surface area (Å²) in [5.41, 5.74) is 0.451. The van der Waals surface area contributed by atoms with E-state index in [-0.39, 0.29) is 21.8 Å². The second-order valence-electron chi connectivity index (χ2n) is 4.54. The first-order valence-electron chi connectivity index (χ1n) is 6.69. The van der Waals surface area contributed by atoms with Gasteiger partial charge in [-0.3, -0.25) is 4.79 Å². The van der Waals surface area contributed by atoms with Crippen LogP contribution in [0.2, 0.25) is 0 Å². The number of benzene rings is 1. The number of thiophene rings is 1. The number of carbonyl (C=O) groups excluding carboxylic acids is 2. The minimum absolute atomic E-state index is 0.0461. The SMILES string of the molecule is CCS(=O)(=O)c1cccc(C(=O)Nc2sccc2C(=O)OC)c1. The van der Waals surface area contributed by atoms with Gasteiger partial charge in [0.2, 0.25) is 0 Å². The first-order chi connectivity index (χ1) is 10.9. The van der Waals surface area contributed by atoms with Crippen molar-refractivity contribution in [2.45, 2.75) is 11.8 Å². The molecule has 0 saturated carbocycles. The fourth-order valence-corrected chi connectivity index (χ4v) is 3.55. The number of amides is 1. The number of anilines is 1. The van der Waals surface area contributed by atoms with E-state index in [1.165, 1.54) is 49.6 Å². The van der Waals surface area contributed by atoms with Crippen LogP contribution in [-0.4, -0.2) is 33.2 Å². The molecule has 0 aliphatic rings. The minimum Gasteiger partial charge on any atom is -0.465 e. The predicted octanol–water partition coefficient (Wildman–Crippen LogP) is 2.58. The summed E-state index contributed by atoms with van der Waals surface area (Å²) in [6.07, 6.45) is 0. The monoisotopic (exact) mass is 353 g/mol. The Kier molecular flexibility index (Phi) is 5.17. The van der Waals surface area contributed by atoms with Crippen LogP contribution >= 0.6 is 11.3 Å². The molecule has 1 amide bonds. The summed E-state index contributed by atoms with van der Waals surface area (Å²) in [5.74, 6) is -1.09. The van der Waals surface area contributed by atoms with Gasteiger partial charge in [-0.05, 0) is 29.6 Å². The Morgan fingerprint density at radius 2 is 2.00 bits per heavy atom. The summed E-state index contributed by atoms with van der Waals surface area (Å²) in [6.45, 7) is 1.54. The number of rotatable bonds is 5. The molecule has 0 radical (unpaired) electrons. The third-order valence-electron chi connectivity index (χ3n) is 3.13. The summed E-state index contributed by atoms with van der Waals surface area (Å²) < 4.78 is 28.4. The smallest absolute Gasteiger partial charge is 0.340 e. The van der Waals surface area contributed by atoms with Crippen molar-refractivity contribution in [2.24, 2.45) is 0 Å². The highest BCUT2D eigenvalue weighted by atomic mass is 32.2. The third kappa shape index (κ3) is 3.77. The Labute approximate surface area is 138 Å². The van der Waals surface area contributed by atoms with E-state index in [9.17, 15) is 18.0 Å². The number of sulfone groups is 1. The molecule has 0 aliphatic carbocycles.